The largest absolute Gasteiger partial charge is 0.478 e. The number of piperazine rings is 1. The lowest BCUT2D eigenvalue weighted by atomic mass is 10.0. The Kier molecular flexibility index (Phi) is 9.02. The molecule has 1 saturated heterocycles. The molecule has 1 aliphatic rings. The Morgan fingerprint density at radius 1 is 1.00 bits per heavy atom. The SMILES string of the molecule is CCN(CC)Cc1cccc(C(=O)N2C[C@@H](C)N(Cc3ccc(C=CC(=O)O)cc3)[C@@H](C)C2)c1. The van der Waals surface area contributed by atoms with E-state index < -0.39 is 5.97 Å². The standard InChI is InChI=1S/C28H37N3O3/c1-5-29(6-2)19-25-8-7-9-26(16-25)28(34)30-17-21(3)31(22(4)18-30)20-24-12-10-23(11-13-24)14-15-27(32)33/h7-16,21-22H,5-6,17-20H2,1-4H3,(H,32,33)/t21-,22+. The van der Waals surface area contributed by atoms with E-state index in [-0.39, 0.29) is 18.0 Å². The van der Waals surface area contributed by atoms with Crippen LogP contribution < -0.4 is 0 Å². The number of carboxylic acid groups (broad SMARTS) is 1. The number of carboxylic acids is 1. The van der Waals surface area contributed by atoms with Crippen LogP contribution in [0.5, 0.6) is 0 Å². The molecule has 1 heterocycles. The predicted octanol–water partition coefficient (Wildman–Crippen LogP) is 4.36. The number of carbonyl (C=O) groups is 2. The first-order chi connectivity index (χ1) is 16.3. The highest BCUT2D eigenvalue weighted by atomic mass is 16.4. The zero-order valence-electron chi connectivity index (χ0n) is 20.8. The van der Waals surface area contributed by atoms with Crippen molar-refractivity contribution in [3.63, 3.8) is 0 Å². The highest BCUT2D eigenvalue weighted by Gasteiger charge is 2.32. The highest BCUT2D eigenvalue weighted by molar-refractivity contribution is 5.94. The van der Waals surface area contributed by atoms with Crippen LogP contribution in [-0.4, -0.2) is 69.9 Å². The van der Waals surface area contributed by atoms with Gasteiger partial charge in [0.15, 0.2) is 0 Å². The maximum Gasteiger partial charge on any atom is 0.328 e. The molecule has 0 saturated carbocycles. The maximum atomic E-state index is 13.3. The zero-order chi connectivity index (χ0) is 24.7. The summed E-state index contributed by atoms with van der Waals surface area (Å²) in [6.45, 7) is 13.7. The molecule has 182 valence electrons. The average Bonchev–Trinajstić information content (AvgIpc) is 2.83. The first-order valence-electron chi connectivity index (χ1n) is 12.2. The molecule has 0 spiro atoms. The van der Waals surface area contributed by atoms with Gasteiger partial charge in [0.05, 0.1) is 0 Å². The minimum absolute atomic E-state index is 0.106. The van der Waals surface area contributed by atoms with Crippen molar-refractivity contribution < 1.29 is 14.7 Å². The van der Waals surface area contributed by atoms with Crippen molar-refractivity contribution in [2.75, 3.05) is 26.2 Å². The number of rotatable bonds is 9. The van der Waals surface area contributed by atoms with Crippen molar-refractivity contribution in [1.29, 1.82) is 0 Å². The third-order valence-electron chi connectivity index (χ3n) is 6.63. The van der Waals surface area contributed by atoms with E-state index >= 15 is 0 Å². The summed E-state index contributed by atoms with van der Waals surface area (Å²) in [5.74, 6) is -0.843. The van der Waals surface area contributed by atoms with Crippen LogP contribution in [0.4, 0.5) is 0 Å². The van der Waals surface area contributed by atoms with Gasteiger partial charge in [-0.2, -0.15) is 0 Å². The van der Waals surface area contributed by atoms with E-state index in [0.717, 1.165) is 43.4 Å². The van der Waals surface area contributed by atoms with Gasteiger partial charge in [-0.1, -0.05) is 50.2 Å². The van der Waals surface area contributed by atoms with Crippen LogP contribution in [-0.2, 0) is 17.9 Å². The van der Waals surface area contributed by atoms with E-state index in [4.69, 9.17) is 5.11 Å². The number of benzene rings is 2. The maximum absolute atomic E-state index is 13.3. The van der Waals surface area contributed by atoms with Crippen molar-refractivity contribution in [3.8, 4) is 0 Å². The van der Waals surface area contributed by atoms with Crippen LogP contribution in [0, 0.1) is 0 Å². The van der Waals surface area contributed by atoms with E-state index in [1.807, 2.05) is 47.4 Å². The van der Waals surface area contributed by atoms with Gasteiger partial charge >= 0.3 is 5.97 Å². The molecule has 1 N–H and O–H groups in total. The summed E-state index contributed by atoms with van der Waals surface area (Å²) >= 11 is 0. The van der Waals surface area contributed by atoms with Crippen molar-refractivity contribution in [3.05, 3.63) is 76.9 Å². The lowest BCUT2D eigenvalue weighted by Crippen LogP contribution is -2.57. The molecule has 1 fully saturated rings. The quantitative estimate of drug-likeness (QED) is 0.560. The van der Waals surface area contributed by atoms with Gasteiger partial charge in [-0.25, -0.2) is 4.79 Å². The summed E-state index contributed by atoms with van der Waals surface area (Å²) in [5, 5.41) is 8.78. The average molecular weight is 464 g/mol. The molecule has 0 aromatic heterocycles. The molecule has 34 heavy (non-hydrogen) atoms. The molecule has 1 amide bonds. The Hall–Kier alpha value is -2.96. The summed E-state index contributed by atoms with van der Waals surface area (Å²) in [7, 11) is 0. The van der Waals surface area contributed by atoms with E-state index in [1.54, 1.807) is 6.08 Å². The molecule has 2 aromatic rings. The minimum Gasteiger partial charge on any atom is -0.478 e. The summed E-state index contributed by atoms with van der Waals surface area (Å²) < 4.78 is 0. The van der Waals surface area contributed by atoms with Crippen LogP contribution in [0.2, 0.25) is 0 Å². The molecule has 0 unspecified atom stereocenters. The van der Waals surface area contributed by atoms with Gasteiger partial charge in [0, 0.05) is 49.9 Å². The van der Waals surface area contributed by atoms with Crippen LogP contribution in [0.15, 0.2) is 54.6 Å². The number of hydrogen-bond donors (Lipinski definition) is 1. The fraction of sp³-hybridized carbons (Fsp3) is 0.429. The third-order valence-corrected chi connectivity index (χ3v) is 6.63. The van der Waals surface area contributed by atoms with Crippen LogP contribution in [0.25, 0.3) is 6.08 Å². The molecule has 6 nitrogen and oxygen atoms in total. The second kappa shape index (κ2) is 12.0. The highest BCUT2D eigenvalue weighted by Crippen LogP contribution is 2.22. The number of hydrogen-bond acceptors (Lipinski definition) is 4. The third kappa shape index (κ3) is 6.78. The van der Waals surface area contributed by atoms with Crippen molar-refractivity contribution in [1.82, 2.24) is 14.7 Å². The Bertz CT molecular complexity index is 986. The summed E-state index contributed by atoms with van der Waals surface area (Å²) in [4.78, 5) is 30.8. The van der Waals surface area contributed by atoms with E-state index in [0.29, 0.717) is 13.1 Å². The Balaban J connectivity index is 1.63. The Morgan fingerprint density at radius 2 is 1.65 bits per heavy atom. The Morgan fingerprint density at radius 3 is 2.24 bits per heavy atom. The molecular formula is C28H37N3O3. The molecule has 1 aliphatic heterocycles. The van der Waals surface area contributed by atoms with Gasteiger partial charge in [0.25, 0.3) is 5.91 Å². The fourth-order valence-corrected chi connectivity index (χ4v) is 4.64. The summed E-state index contributed by atoms with van der Waals surface area (Å²) in [6.07, 6.45) is 2.74. The van der Waals surface area contributed by atoms with Gasteiger partial charge in [-0.3, -0.25) is 14.6 Å². The number of nitrogens with zero attached hydrogens (tertiary/aromatic N) is 3. The zero-order valence-corrected chi connectivity index (χ0v) is 20.8. The molecular weight excluding hydrogens is 426 g/mol. The second-order valence-corrected chi connectivity index (χ2v) is 9.16. The molecule has 0 aliphatic carbocycles. The van der Waals surface area contributed by atoms with Crippen molar-refractivity contribution in [2.45, 2.75) is 52.9 Å². The first-order valence-corrected chi connectivity index (χ1v) is 12.2. The van der Waals surface area contributed by atoms with Crippen molar-refractivity contribution in [2.24, 2.45) is 0 Å². The molecule has 0 bridgehead atoms. The van der Waals surface area contributed by atoms with Gasteiger partial charge in [0.2, 0.25) is 0 Å². The fourth-order valence-electron chi connectivity index (χ4n) is 4.64. The molecule has 2 atom stereocenters. The van der Waals surface area contributed by atoms with Crippen LogP contribution in [0.1, 0.15) is 54.7 Å². The molecule has 6 heteroatoms. The molecule has 0 radical (unpaired) electrons. The normalized spacial score (nSPS) is 19.1. The van der Waals surface area contributed by atoms with Crippen LogP contribution >= 0.6 is 0 Å². The minimum atomic E-state index is -0.949. The van der Waals surface area contributed by atoms with Crippen molar-refractivity contribution >= 4 is 18.0 Å². The lowest BCUT2D eigenvalue weighted by Gasteiger charge is -2.44. The van der Waals surface area contributed by atoms with Gasteiger partial charge < -0.3 is 10.0 Å². The van der Waals surface area contributed by atoms with Gasteiger partial charge in [0.1, 0.15) is 0 Å². The lowest BCUT2D eigenvalue weighted by molar-refractivity contribution is -0.131. The Labute approximate surface area is 203 Å². The summed E-state index contributed by atoms with van der Waals surface area (Å²) in [6, 6.07) is 16.5. The second-order valence-electron chi connectivity index (χ2n) is 9.16. The van der Waals surface area contributed by atoms with E-state index in [9.17, 15) is 9.59 Å². The van der Waals surface area contributed by atoms with Crippen LogP contribution in [0.3, 0.4) is 0 Å². The molecule has 3 rings (SSSR count). The van der Waals surface area contributed by atoms with E-state index in [1.165, 1.54) is 11.1 Å². The monoisotopic (exact) mass is 463 g/mol. The topological polar surface area (TPSA) is 64.1 Å². The molecule has 2 aromatic carbocycles. The predicted molar refractivity (Wildman–Crippen MR) is 137 cm³/mol. The number of aliphatic carboxylic acids is 1. The van der Waals surface area contributed by atoms with Gasteiger partial charge in [-0.15, -0.1) is 0 Å². The summed E-state index contributed by atoms with van der Waals surface area (Å²) in [5.41, 5.74) is 3.99. The number of amides is 1. The van der Waals surface area contributed by atoms with Gasteiger partial charge in [-0.05, 0) is 61.8 Å². The van der Waals surface area contributed by atoms with E-state index in [2.05, 4.69) is 43.6 Å². The first kappa shape index (κ1) is 25.7. The smallest absolute Gasteiger partial charge is 0.328 e. The number of carbonyl (C=O) groups excluding carboxylic acids is 1.